The molecule has 3 aliphatic rings. The van der Waals surface area contributed by atoms with Crippen molar-refractivity contribution in [2.24, 2.45) is 12.5 Å². The fourth-order valence-electron chi connectivity index (χ4n) is 6.14. The molecular formula is C29H33N5O5. The van der Waals surface area contributed by atoms with Gasteiger partial charge in [0, 0.05) is 38.5 Å². The summed E-state index contributed by atoms with van der Waals surface area (Å²) in [4.78, 5) is 51.9. The van der Waals surface area contributed by atoms with Crippen LogP contribution in [0.15, 0.2) is 47.3 Å². The summed E-state index contributed by atoms with van der Waals surface area (Å²) in [7, 11) is 1.69. The highest BCUT2D eigenvalue weighted by Crippen LogP contribution is 2.52. The Bertz CT molecular complexity index is 1560. The number of piperidine rings is 1. The zero-order valence-corrected chi connectivity index (χ0v) is 22.6. The van der Waals surface area contributed by atoms with Crippen LogP contribution in [0.2, 0.25) is 0 Å². The minimum absolute atomic E-state index is 0.0363. The molecule has 204 valence electrons. The van der Waals surface area contributed by atoms with E-state index in [2.05, 4.69) is 22.8 Å². The van der Waals surface area contributed by atoms with Crippen LogP contribution in [-0.2, 0) is 21.4 Å². The van der Waals surface area contributed by atoms with E-state index in [-0.39, 0.29) is 35.6 Å². The molecule has 2 atom stereocenters. The summed E-state index contributed by atoms with van der Waals surface area (Å²) in [5, 5.41) is 5.70. The molecule has 6 rings (SSSR count). The molecule has 1 spiro atoms. The number of aromatic nitrogens is 2. The number of amides is 3. The van der Waals surface area contributed by atoms with Crippen LogP contribution in [0.5, 0.6) is 0 Å². The fourth-order valence-corrected chi connectivity index (χ4v) is 6.14. The molecule has 3 aromatic rings. The molecule has 10 heteroatoms. The first-order valence-electron chi connectivity index (χ1n) is 13.3. The maximum Gasteiger partial charge on any atom is 0.410 e. The number of benzene rings is 2. The number of nitrogens with zero attached hydrogens (tertiary/aromatic N) is 3. The number of aryl methyl sites for hydroxylation is 1. The zero-order valence-electron chi connectivity index (χ0n) is 22.6. The Morgan fingerprint density at radius 1 is 1.00 bits per heavy atom. The number of imide groups is 1. The minimum Gasteiger partial charge on any atom is -0.444 e. The fraction of sp³-hybridized carbons (Fsp3) is 0.448. The summed E-state index contributed by atoms with van der Waals surface area (Å²) in [6.45, 7) is 8.04. The van der Waals surface area contributed by atoms with Crippen molar-refractivity contribution in [3.8, 4) is 11.1 Å². The Hall–Kier alpha value is -3.92. The van der Waals surface area contributed by atoms with Crippen molar-refractivity contribution in [3.05, 3.63) is 58.5 Å². The lowest BCUT2D eigenvalue weighted by atomic mass is 9.64. The molecule has 10 nitrogen and oxygen atoms in total. The molecule has 2 unspecified atom stereocenters. The third-order valence-corrected chi connectivity index (χ3v) is 8.13. The largest absolute Gasteiger partial charge is 0.444 e. The van der Waals surface area contributed by atoms with E-state index in [9.17, 15) is 19.2 Å². The lowest BCUT2D eigenvalue weighted by molar-refractivity contribution is -0.135. The summed E-state index contributed by atoms with van der Waals surface area (Å²) in [6, 6.07) is 13.2. The number of likely N-dealkylation sites (tertiary alicyclic amines) is 1. The van der Waals surface area contributed by atoms with Gasteiger partial charge in [-0.15, -0.1) is 0 Å². The number of hydrogen-bond acceptors (Lipinski definition) is 6. The lowest BCUT2D eigenvalue weighted by Crippen LogP contribution is -2.73. The van der Waals surface area contributed by atoms with Crippen LogP contribution < -0.4 is 16.3 Å². The van der Waals surface area contributed by atoms with E-state index >= 15 is 0 Å². The van der Waals surface area contributed by atoms with E-state index in [1.807, 2.05) is 56.0 Å². The Kier molecular flexibility index (Phi) is 5.73. The van der Waals surface area contributed by atoms with Crippen LogP contribution in [0.3, 0.4) is 0 Å². The van der Waals surface area contributed by atoms with Crippen molar-refractivity contribution in [3.63, 3.8) is 0 Å². The number of hydrogen-bond donors (Lipinski definition) is 2. The van der Waals surface area contributed by atoms with E-state index in [0.29, 0.717) is 24.0 Å². The van der Waals surface area contributed by atoms with Crippen molar-refractivity contribution >= 4 is 28.9 Å². The van der Waals surface area contributed by atoms with Gasteiger partial charge in [0.25, 0.3) is 0 Å². The number of nitrogens with one attached hydrogen (secondary N) is 2. The first-order valence-corrected chi connectivity index (χ1v) is 13.3. The number of ether oxygens (including phenoxy) is 1. The topological polar surface area (TPSA) is 115 Å². The Balaban J connectivity index is 1.29. The summed E-state index contributed by atoms with van der Waals surface area (Å²) < 4.78 is 8.69. The highest BCUT2D eigenvalue weighted by atomic mass is 16.6. The smallest absolute Gasteiger partial charge is 0.410 e. The van der Waals surface area contributed by atoms with Gasteiger partial charge in [-0.1, -0.05) is 30.3 Å². The first-order chi connectivity index (χ1) is 18.5. The highest BCUT2D eigenvalue weighted by molar-refractivity contribution is 6.00. The average molecular weight is 532 g/mol. The van der Waals surface area contributed by atoms with Gasteiger partial charge in [-0.2, -0.15) is 0 Å². The average Bonchev–Trinajstić information content (AvgIpc) is 3.06. The van der Waals surface area contributed by atoms with Gasteiger partial charge in [0.2, 0.25) is 11.8 Å². The van der Waals surface area contributed by atoms with Crippen molar-refractivity contribution in [2.75, 3.05) is 19.6 Å². The monoisotopic (exact) mass is 531 g/mol. The predicted molar refractivity (Wildman–Crippen MR) is 145 cm³/mol. The van der Waals surface area contributed by atoms with E-state index < -0.39 is 17.6 Å². The minimum atomic E-state index is -0.715. The predicted octanol–water partition coefficient (Wildman–Crippen LogP) is 2.87. The van der Waals surface area contributed by atoms with Crippen LogP contribution in [0.1, 0.15) is 51.3 Å². The normalized spacial score (nSPS) is 22.4. The molecular weight excluding hydrogens is 498 g/mol. The van der Waals surface area contributed by atoms with Crippen LogP contribution in [0.25, 0.3) is 22.2 Å². The van der Waals surface area contributed by atoms with Gasteiger partial charge < -0.3 is 10.1 Å². The van der Waals surface area contributed by atoms with Crippen molar-refractivity contribution in [1.82, 2.24) is 24.7 Å². The maximum absolute atomic E-state index is 13.1. The molecule has 1 aromatic heterocycles. The standard InChI is InChI=1S/C29H33N5O5/c1-28(2,3)39-27(38)33-16-29(14-30-15-29)24(33)18-7-5-17(6-8-18)19-9-10-20-22(13-19)32(4)26(37)34(20)21-11-12-23(35)31-25(21)36/h5-10,13,21,24,30H,11-12,14-16H2,1-4H3,(H,31,35,36). The van der Waals surface area contributed by atoms with Crippen molar-refractivity contribution in [1.29, 1.82) is 0 Å². The summed E-state index contributed by atoms with van der Waals surface area (Å²) in [6.07, 6.45) is 0.208. The number of fused-ring (bicyclic) bond motifs is 1. The number of rotatable bonds is 3. The van der Waals surface area contributed by atoms with Crippen LogP contribution in [-0.4, -0.2) is 57.2 Å². The molecule has 2 N–H and O–H groups in total. The Morgan fingerprint density at radius 2 is 1.69 bits per heavy atom. The first kappa shape index (κ1) is 25.4. The summed E-state index contributed by atoms with van der Waals surface area (Å²) in [5.74, 6) is -0.762. The molecule has 0 aliphatic carbocycles. The molecule has 39 heavy (non-hydrogen) atoms. The molecule has 0 saturated carbocycles. The maximum atomic E-state index is 13.1. The molecule has 0 radical (unpaired) electrons. The van der Waals surface area contributed by atoms with E-state index in [1.54, 1.807) is 7.05 Å². The Labute approximate surface area is 225 Å². The van der Waals surface area contributed by atoms with Gasteiger partial charge in [-0.3, -0.25) is 28.9 Å². The number of carbonyl (C=O) groups excluding carboxylic acids is 3. The van der Waals surface area contributed by atoms with Crippen LogP contribution in [0.4, 0.5) is 4.79 Å². The van der Waals surface area contributed by atoms with E-state index in [0.717, 1.165) is 29.8 Å². The second kappa shape index (κ2) is 8.81. The van der Waals surface area contributed by atoms with E-state index in [4.69, 9.17) is 4.74 Å². The van der Waals surface area contributed by atoms with Gasteiger partial charge >= 0.3 is 11.8 Å². The lowest BCUT2D eigenvalue weighted by Gasteiger charge is -2.62. The quantitative estimate of drug-likeness (QED) is 0.503. The van der Waals surface area contributed by atoms with Crippen LogP contribution in [0, 0.1) is 5.41 Å². The van der Waals surface area contributed by atoms with Gasteiger partial charge in [-0.25, -0.2) is 9.59 Å². The Morgan fingerprint density at radius 3 is 2.31 bits per heavy atom. The number of imidazole rings is 1. The second-order valence-corrected chi connectivity index (χ2v) is 12.0. The van der Waals surface area contributed by atoms with Gasteiger partial charge in [-0.05, 0) is 56.0 Å². The molecule has 3 fully saturated rings. The third-order valence-electron chi connectivity index (χ3n) is 8.13. The van der Waals surface area contributed by atoms with E-state index in [1.165, 1.54) is 9.13 Å². The summed E-state index contributed by atoms with van der Waals surface area (Å²) in [5.41, 5.74) is 3.53. The zero-order chi connectivity index (χ0) is 27.7. The third kappa shape index (κ3) is 4.14. The summed E-state index contributed by atoms with van der Waals surface area (Å²) >= 11 is 0. The van der Waals surface area contributed by atoms with Gasteiger partial charge in [0.05, 0.1) is 17.1 Å². The SMILES string of the molecule is Cn1c(=O)n(C2CCC(=O)NC2=O)c2ccc(-c3ccc(C4N(C(=O)OC(C)(C)C)CC45CNC5)cc3)cc21. The molecule has 3 saturated heterocycles. The van der Waals surface area contributed by atoms with Gasteiger partial charge in [0.1, 0.15) is 11.6 Å². The molecule has 4 heterocycles. The van der Waals surface area contributed by atoms with Gasteiger partial charge in [0.15, 0.2) is 0 Å². The molecule has 2 aromatic carbocycles. The number of carbonyl (C=O) groups is 3. The van der Waals surface area contributed by atoms with Crippen LogP contribution >= 0.6 is 0 Å². The molecule has 3 amide bonds. The molecule has 3 aliphatic heterocycles. The van der Waals surface area contributed by atoms with Crippen molar-refractivity contribution in [2.45, 2.75) is 51.3 Å². The van der Waals surface area contributed by atoms with Crippen molar-refractivity contribution < 1.29 is 19.1 Å². The molecule has 0 bridgehead atoms. The highest BCUT2D eigenvalue weighted by Gasteiger charge is 2.59. The second-order valence-electron chi connectivity index (χ2n) is 12.0.